The molecule has 80 valence electrons. The first-order valence-corrected chi connectivity index (χ1v) is 4.92. The largest absolute Gasteiger partial charge is 0.486 e. The zero-order valence-electron chi connectivity index (χ0n) is 8.17. The smallest absolute Gasteiger partial charge is 0.221 e. The summed E-state index contributed by atoms with van der Waals surface area (Å²) in [4.78, 5) is 11.0. The normalized spacial score (nSPS) is 13.5. The second kappa shape index (κ2) is 3.98. The molecule has 2 rings (SSSR count). The van der Waals surface area contributed by atoms with Crippen LogP contribution < -0.4 is 14.8 Å². The number of hydrogen-bond donors (Lipinski definition) is 1. The van der Waals surface area contributed by atoms with Gasteiger partial charge < -0.3 is 14.8 Å². The summed E-state index contributed by atoms with van der Waals surface area (Å²) in [6.07, 6.45) is 0. The molecule has 0 aliphatic carbocycles. The van der Waals surface area contributed by atoms with Gasteiger partial charge in [-0.3, -0.25) is 4.79 Å². The van der Waals surface area contributed by atoms with Crippen molar-refractivity contribution in [1.82, 2.24) is 0 Å². The van der Waals surface area contributed by atoms with Gasteiger partial charge in [-0.2, -0.15) is 0 Å². The van der Waals surface area contributed by atoms with Gasteiger partial charge in [-0.25, -0.2) is 0 Å². The maximum absolute atomic E-state index is 11.0. The number of anilines is 1. The van der Waals surface area contributed by atoms with Crippen LogP contribution in [0.2, 0.25) is 5.02 Å². The highest BCUT2D eigenvalue weighted by molar-refractivity contribution is 6.34. The van der Waals surface area contributed by atoms with Crippen LogP contribution in [0.1, 0.15) is 6.92 Å². The minimum atomic E-state index is -0.195. The second-order valence-electron chi connectivity index (χ2n) is 3.13. The van der Waals surface area contributed by atoms with E-state index in [1.807, 2.05) is 0 Å². The average molecular weight is 228 g/mol. The maximum atomic E-state index is 11.0. The molecule has 0 saturated heterocycles. The van der Waals surface area contributed by atoms with Crippen molar-refractivity contribution in [3.63, 3.8) is 0 Å². The summed E-state index contributed by atoms with van der Waals surface area (Å²) in [6.45, 7) is 2.38. The Labute approximate surface area is 92.1 Å². The molecule has 1 heterocycles. The molecule has 0 unspecified atom stereocenters. The number of carbonyl (C=O) groups excluding carboxylic acids is 1. The van der Waals surface area contributed by atoms with Crippen LogP contribution in [0.15, 0.2) is 12.1 Å². The van der Waals surface area contributed by atoms with E-state index in [1.165, 1.54) is 6.92 Å². The summed E-state index contributed by atoms with van der Waals surface area (Å²) in [5, 5.41) is 3.06. The lowest BCUT2D eigenvalue weighted by Gasteiger charge is -2.21. The third-order valence-corrected chi connectivity index (χ3v) is 2.27. The first kappa shape index (κ1) is 10.1. The third-order valence-electron chi connectivity index (χ3n) is 1.96. The standard InChI is InChI=1S/C10H10ClNO3/c1-6(13)12-9-7(11)2-3-8-10(9)15-5-4-14-8/h2-3H,4-5H2,1H3,(H,12,13). The second-order valence-corrected chi connectivity index (χ2v) is 3.53. The van der Waals surface area contributed by atoms with Crippen molar-refractivity contribution >= 4 is 23.2 Å². The minimum absolute atomic E-state index is 0.195. The minimum Gasteiger partial charge on any atom is -0.486 e. The van der Waals surface area contributed by atoms with Crippen molar-refractivity contribution in [2.75, 3.05) is 18.5 Å². The summed E-state index contributed by atoms with van der Waals surface area (Å²) in [7, 11) is 0. The topological polar surface area (TPSA) is 47.6 Å². The molecule has 0 bridgehead atoms. The van der Waals surface area contributed by atoms with Crippen LogP contribution in [0.5, 0.6) is 11.5 Å². The van der Waals surface area contributed by atoms with Crippen molar-refractivity contribution in [3.05, 3.63) is 17.2 Å². The summed E-state index contributed by atoms with van der Waals surface area (Å²) in [6, 6.07) is 3.39. The molecule has 1 amide bonds. The van der Waals surface area contributed by atoms with Crippen LogP contribution >= 0.6 is 11.6 Å². The SMILES string of the molecule is CC(=O)Nc1c(Cl)ccc2c1OCCO2. The Morgan fingerprint density at radius 1 is 1.40 bits per heavy atom. The third kappa shape index (κ3) is 1.99. The van der Waals surface area contributed by atoms with E-state index in [0.29, 0.717) is 35.4 Å². The van der Waals surface area contributed by atoms with Gasteiger partial charge in [0.1, 0.15) is 18.9 Å². The Morgan fingerprint density at radius 3 is 2.87 bits per heavy atom. The lowest BCUT2D eigenvalue weighted by molar-refractivity contribution is -0.114. The summed E-state index contributed by atoms with van der Waals surface area (Å²) in [5.74, 6) is 0.915. The molecule has 0 atom stereocenters. The molecule has 1 aromatic rings. The molecule has 1 N–H and O–H groups in total. The fourth-order valence-corrected chi connectivity index (χ4v) is 1.58. The molecule has 1 aliphatic heterocycles. The number of ether oxygens (including phenoxy) is 2. The van der Waals surface area contributed by atoms with Crippen LogP contribution in [0.4, 0.5) is 5.69 Å². The highest BCUT2D eigenvalue weighted by atomic mass is 35.5. The number of benzene rings is 1. The average Bonchev–Trinajstić information content (AvgIpc) is 2.22. The number of halogens is 1. The Hall–Kier alpha value is -1.42. The Balaban J connectivity index is 2.45. The van der Waals surface area contributed by atoms with E-state index in [0.717, 1.165) is 0 Å². The number of amides is 1. The summed E-state index contributed by atoms with van der Waals surface area (Å²) in [5.41, 5.74) is 0.473. The molecular formula is C10H10ClNO3. The van der Waals surface area contributed by atoms with Crippen molar-refractivity contribution in [1.29, 1.82) is 0 Å². The lowest BCUT2D eigenvalue weighted by atomic mass is 10.2. The molecule has 1 aliphatic rings. The van der Waals surface area contributed by atoms with E-state index in [1.54, 1.807) is 12.1 Å². The van der Waals surface area contributed by atoms with Gasteiger partial charge in [0.25, 0.3) is 0 Å². The quantitative estimate of drug-likeness (QED) is 0.799. The Morgan fingerprint density at radius 2 is 2.13 bits per heavy atom. The van der Waals surface area contributed by atoms with Gasteiger partial charge in [-0.15, -0.1) is 0 Å². The molecular weight excluding hydrogens is 218 g/mol. The number of nitrogens with one attached hydrogen (secondary N) is 1. The van der Waals surface area contributed by atoms with Crippen molar-refractivity contribution in [2.45, 2.75) is 6.92 Å². The predicted molar refractivity (Wildman–Crippen MR) is 56.7 cm³/mol. The molecule has 5 heteroatoms. The first-order chi connectivity index (χ1) is 7.18. The number of fused-ring (bicyclic) bond motifs is 1. The number of rotatable bonds is 1. The van der Waals surface area contributed by atoms with Gasteiger partial charge in [0, 0.05) is 6.92 Å². The van der Waals surface area contributed by atoms with Crippen molar-refractivity contribution < 1.29 is 14.3 Å². The van der Waals surface area contributed by atoms with Crippen LogP contribution in [0.3, 0.4) is 0 Å². The van der Waals surface area contributed by atoms with E-state index < -0.39 is 0 Å². The van der Waals surface area contributed by atoms with Gasteiger partial charge in [-0.05, 0) is 12.1 Å². The van der Waals surface area contributed by atoms with E-state index in [-0.39, 0.29) is 5.91 Å². The molecule has 15 heavy (non-hydrogen) atoms. The van der Waals surface area contributed by atoms with Gasteiger partial charge in [0.15, 0.2) is 11.5 Å². The Kier molecular flexibility index (Phi) is 2.68. The first-order valence-electron chi connectivity index (χ1n) is 4.54. The van der Waals surface area contributed by atoms with Crippen LogP contribution in [0.25, 0.3) is 0 Å². The van der Waals surface area contributed by atoms with Crippen LogP contribution in [-0.2, 0) is 4.79 Å². The van der Waals surface area contributed by atoms with E-state index in [4.69, 9.17) is 21.1 Å². The molecule has 0 radical (unpaired) electrons. The maximum Gasteiger partial charge on any atom is 0.221 e. The molecule has 0 aromatic heterocycles. The lowest BCUT2D eigenvalue weighted by Crippen LogP contribution is -2.18. The fraction of sp³-hybridized carbons (Fsp3) is 0.300. The zero-order chi connectivity index (χ0) is 10.8. The molecule has 0 spiro atoms. The molecule has 0 fully saturated rings. The summed E-state index contributed by atoms with van der Waals surface area (Å²) >= 11 is 5.96. The van der Waals surface area contributed by atoms with Crippen molar-refractivity contribution in [2.24, 2.45) is 0 Å². The predicted octanol–water partition coefficient (Wildman–Crippen LogP) is 2.07. The monoisotopic (exact) mass is 227 g/mol. The molecule has 1 aromatic carbocycles. The zero-order valence-corrected chi connectivity index (χ0v) is 8.93. The number of carbonyl (C=O) groups is 1. The summed E-state index contributed by atoms with van der Waals surface area (Å²) < 4.78 is 10.8. The van der Waals surface area contributed by atoms with Gasteiger partial charge in [0.2, 0.25) is 5.91 Å². The highest BCUT2D eigenvalue weighted by Gasteiger charge is 2.19. The van der Waals surface area contributed by atoms with Gasteiger partial charge in [0.05, 0.1) is 5.02 Å². The van der Waals surface area contributed by atoms with Crippen molar-refractivity contribution in [3.8, 4) is 11.5 Å². The Bertz CT molecular complexity index is 406. The van der Waals surface area contributed by atoms with Gasteiger partial charge in [-0.1, -0.05) is 11.6 Å². The van der Waals surface area contributed by atoms with Gasteiger partial charge >= 0.3 is 0 Å². The van der Waals surface area contributed by atoms with E-state index in [9.17, 15) is 4.79 Å². The van der Waals surface area contributed by atoms with E-state index >= 15 is 0 Å². The van der Waals surface area contributed by atoms with Crippen LogP contribution in [-0.4, -0.2) is 19.1 Å². The number of hydrogen-bond acceptors (Lipinski definition) is 3. The fourth-order valence-electron chi connectivity index (χ4n) is 1.38. The molecule has 0 saturated carbocycles. The van der Waals surface area contributed by atoms with Crippen LogP contribution in [0, 0.1) is 0 Å². The molecule has 4 nitrogen and oxygen atoms in total. The van der Waals surface area contributed by atoms with E-state index in [2.05, 4.69) is 5.32 Å². The highest BCUT2D eigenvalue weighted by Crippen LogP contribution is 2.41.